The summed E-state index contributed by atoms with van der Waals surface area (Å²) in [5.74, 6) is 2.46. The average molecular weight is 591 g/mol. The van der Waals surface area contributed by atoms with Crippen molar-refractivity contribution in [2.24, 2.45) is 39.7 Å². The largest absolute Gasteiger partial charge is 0.393 e. The van der Waals surface area contributed by atoms with Crippen LogP contribution >= 0.6 is 0 Å². The van der Waals surface area contributed by atoms with Gasteiger partial charge in [0, 0.05) is 18.6 Å². The summed E-state index contributed by atoms with van der Waals surface area (Å²) < 4.78 is 6.11. The molecular formula is C37H54N2O4. The number of ether oxygens (including phenoxy) is 1. The molecule has 0 unspecified atom stereocenters. The first-order valence-electron chi connectivity index (χ1n) is 17.2. The van der Waals surface area contributed by atoms with Crippen molar-refractivity contribution in [2.75, 3.05) is 19.8 Å². The van der Waals surface area contributed by atoms with Crippen molar-refractivity contribution in [3.63, 3.8) is 0 Å². The fourth-order valence-corrected chi connectivity index (χ4v) is 10.1. The Morgan fingerprint density at radius 2 is 1.88 bits per heavy atom. The maximum absolute atomic E-state index is 12.8. The van der Waals surface area contributed by atoms with Crippen LogP contribution in [0.5, 0.6) is 0 Å². The molecule has 0 spiro atoms. The first kappa shape index (κ1) is 30.8. The van der Waals surface area contributed by atoms with Crippen LogP contribution in [0.1, 0.15) is 104 Å². The van der Waals surface area contributed by atoms with E-state index in [1.54, 1.807) is 0 Å². The van der Waals surface area contributed by atoms with E-state index in [9.17, 15) is 9.90 Å². The number of aliphatic hydroxyl groups is 1. The van der Waals surface area contributed by atoms with Crippen LogP contribution in [-0.4, -0.2) is 48.7 Å². The second kappa shape index (κ2) is 12.3. The van der Waals surface area contributed by atoms with Gasteiger partial charge in [0.05, 0.1) is 17.9 Å². The Balaban J connectivity index is 1.02. The molecule has 4 fully saturated rings. The third-order valence-electron chi connectivity index (χ3n) is 12.9. The number of carbonyl (C=O) groups is 1. The number of fused-ring (bicyclic) bond motifs is 5. The van der Waals surface area contributed by atoms with Crippen molar-refractivity contribution in [3.05, 3.63) is 47.5 Å². The SMILES string of the molecule is CC(C)[C@H]1C[C@@](CCNC(=O)CON=C2C=C3CC[C@H]4[C@H]5CC[C@H](O)[C@]5(C)CC[C@@H]4[C@]3(C)CC2)(c2ccccc2)CCO1. The van der Waals surface area contributed by atoms with Gasteiger partial charge in [-0.2, -0.15) is 0 Å². The highest BCUT2D eigenvalue weighted by Gasteiger charge is 2.58. The van der Waals surface area contributed by atoms with E-state index in [2.05, 4.69) is 74.6 Å². The van der Waals surface area contributed by atoms with Crippen LogP contribution in [0.25, 0.3) is 0 Å². The van der Waals surface area contributed by atoms with Gasteiger partial charge >= 0.3 is 0 Å². The topological polar surface area (TPSA) is 80.2 Å². The molecule has 6 rings (SSSR count). The summed E-state index contributed by atoms with van der Waals surface area (Å²) in [7, 11) is 0. The van der Waals surface area contributed by atoms with Gasteiger partial charge in [-0.05, 0) is 117 Å². The maximum atomic E-state index is 12.8. The molecular weight excluding hydrogens is 536 g/mol. The number of nitrogens with zero attached hydrogens (tertiary/aromatic N) is 1. The number of hydrogen-bond acceptors (Lipinski definition) is 5. The van der Waals surface area contributed by atoms with Gasteiger partial charge in [-0.1, -0.05) is 68.8 Å². The molecule has 43 heavy (non-hydrogen) atoms. The van der Waals surface area contributed by atoms with Crippen LogP contribution < -0.4 is 5.32 Å². The number of nitrogens with one attached hydrogen (secondary N) is 1. The predicted octanol–water partition coefficient (Wildman–Crippen LogP) is 6.96. The first-order chi connectivity index (χ1) is 20.6. The van der Waals surface area contributed by atoms with Crippen molar-refractivity contribution in [2.45, 2.75) is 116 Å². The second-order valence-corrected chi connectivity index (χ2v) is 15.3. The minimum Gasteiger partial charge on any atom is -0.393 e. The van der Waals surface area contributed by atoms with Crippen molar-refractivity contribution in [1.29, 1.82) is 0 Å². The zero-order valence-corrected chi connectivity index (χ0v) is 26.9. The number of rotatable bonds is 8. The summed E-state index contributed by atoms with van der Waals surface area (Å²) in [5.41, 5.74) is 4.20. The molecule has 1 heterocycles. The molecule has 1 saturated heterocycles. The number of carbonyl (C=O) groups excluding carboxylic acids is 1. The van der Waals surface area contributed by atoms with Crippen LogP contribution in [0.15, 0.2) is 47.1 Å². The normalized spacial score (nSPS) is 39.9. The standard InChI is InChI=1S/C37H54N2O4/c1-25(2)32-23-37(19-21-42-32,26-8-6-5-7-9-26)18-20-38-34(41)24-43-39-28-14-16-35(3)27(22-28)10-11-29-30-12-13-33(40)36(30,4)17-15-31(29)35/h5-9,22,25,29-33,40H,10-21,23-24H2,1-4H3,(H,38,41)/t29-,30+,31-,32+,33-,35+,36+,37-/m0/s1. The molecule has 6 heteroatoms. The van der Waals surface area contributed by atoms with E-state index >= 15 is 0 Å². The van der Waals surface area contributed by atoms with Crippen LogP contribution in [0.3, 0.4) is 0 Å². The number of aliphatic hydroxyl groups excluding tert-OH is 1. The lowest BCUT2D eigenvalue weighted by molar-refractivity contribution is -0.125. The fraction of sp³-hybridized carbons (Fsp3) is 0.730. The van der Waals surface area contributed by atoms with E-state index in [1.165, 1.54) is 30.4 Å². The number of amides is 1. The van der Waals surface area contributed by atoms with E-state index in [-0.39, 0.29) is 41.0 Å². The summed E-state index contributed by atoms with van der Waals surface area (Å²) in [6.45, 7) is 10.6. The van der Waals surface area contributed by atoms with Gasteiger partial charge in [-0.3, -0.25) is 4.79 Å². The number of oxime groups is 1. The van der Waals surface area contributed by atoms with E-state index in [0.29, 0.717) is 24.3 Å². The van der Waals surface area contributed by atoms with Gasteiger partial charge in [-0.15, -0.1) is 0 Å². The molecule has 6 nitrogen and oxygen atoms in total. The molecule has 3 saturated carbocycles. The number of benzene rings is 1. The van der Waals surface area contributed by atoms with Crippen molar-refractivity contribution in [3.8, 4) is 0 Å². The predicted molar refractivity (Wildman–Crippen MR) is 171 cm³/mol. The third-order valence-corrected chi connectivity index (χ3v) is 12.9. The number of hydrogen-bond donors (Lipinski definition) is 2. The van der Waals surface area contributed by atoms with Gasteiger partial charge < -0.3 is 20.0 Å². The van der Waals surface area contributed by atoms with Gasteiger partial charge in [0.1, 0.15) is 0 Å². The average Bonchev–Trinajstić information content (AvgIpc) is 3.31. The molecule has 236 valence electrons. The maximum Gasteiger partial charge on any atom is 0.260 e. The lowest BCUT2D eigenvalue weighted by atomic mass is 9.47. The lowest BCUT2D eigenvalue weighted by Crippen LogP contribution is -2.51. The van der Waals surface area contributed by atoms with Crippen LogP contribution in [0.2, 0.25) is 0 Å². The monoisotopic (exact) mass is 590 g/mol. The third kappa shape index (κ3) is 5.83. The van der Waals surface area contributed by atoms with Crippen molar-refractivity contribution >= 4 is 11.6 Å². The molecule has 0 radical (unpaired) electrons. The van der Waals surface area contributed by atoms with Gasteiger partial charge in [-0.25, -0.2) is 0 Å². The van der Waals surface area contributed by atoms with Crippen LogP contribution in [-0.2, 0) is 19.8 Å². The smallest absolute Gasteiger partial charge is 0.260 e. The summed E-state index contributed by atoms with van der Waals surface area (Å²) >= 11 is 0. The summed E-state index contributed by atoms with van der Waals surface area (Å²) in [6.07, 6.45) is 14.1. The fourth-order valence-electron chi connectivity index (χ4n) is 10.1. The van der Waals surface area contributed by atoms with Crippen molar-refractivity contribution < 1.29 is 19.5 Å². The van der Waals surface area contributed by atoms with Crippen LogP contribution in [0.4, 0.5) is 0 Å². The highest BCUT2D eigenvalue weighted by atomic mass is 16.6. The zero-order chi connectivity index (χ0) is 30.2. The Bertz CT molecular complexity index is 1210. The Hall–Kier alpha value is -2.18. The van der Waals surface area contributed by atoms with E-state index < -0.39 is 0 Å². The van der Waals surface area contributed by atoms with E-state index in [1.807, 2.05) is 0 Å². The minimum atomic E-state index is -0.119. The molecule has 0 bridgehead atoms. The van der Waals surface area contributed by atoms with Crippen molar-refractivity contribution in [1.82, 2.24) is 5.32 Å². The Kier molecular flexibility index (Phi) is 8.83. The van der Waals surface area contributed by atoms with Gasteiger partial charge in [0.25, 0.3) is 5.91 Å². The van der Waals surface area contributed by atoms with Crippen LogP contribution in [0, 0.1) is 34.5 Å². The molecule has 5 aliphatic rings. The van der Waals surface area contributed by atoms with Gasteiger partial charge in [0.2, 0.25) is 0 Å². The highest BCUT2D eigenvalue weighted by Crippen LogP contribution is 2.65. The summed E-state index contributed by atoms with van der Waals surface area (Å²) in [4.78, 5) is 18.4. The highest BCUT2D eigenvalue weighted by molar-refractivity contribution is 5.96. The lowest BCUT2D eigenvalue weighted by Gasteiger charge is -2.57. The Morgan fingerprint density at radius 3 is 2.67 bits per heavy atom. The van der Waals surface area contributed by atoms with E-state index in [0.717, 1.165) is 69.6 Å². The second-order valence-electron chi connectivity index (χ2n) is 15.3. The van der Waals surface area contributed by atoms with Gasteiger partial charge in [0.15, 0.2) is 6.61 Å². The van der Waals surface area contributed by atoms with E-state index in [4.69, 9.17) is 9.57 Å². The quantitative estimate of drug-likeness (QED) is 0.321. The molecule has 4 aliphatic carbocycles. The number of allylic oxidation sites excluding steroid dienone is 2. The molecule has 0 aromatic heterocycles. The molecule has 8 atom stereocenters. The minimum absolute atomic E-state index is 0.0112. The Labute approximate surface area is 259 Å². The summed E-state index contributed by atoms with van der Waals surface area (Å²) in [6, 6.07) is 10.7. The Morgan fingerprint density at radius 1 is 1.07 bits per heavy atom. The molecule has 1 aliphatic heterocycles. The summed E-state index contributed by atoms with van der Waals surface area (Å²) in [5, 5.41) is 18.3. The zero-order valence-electron chi connectivity index (χ0n) is 26.9. The molecule has 1 aromatic rings. The first-order valence-corrected chi connectivity index (χ1v) is 17.2. The molecule has 1 aromatic carbocycles. The molecule has 1 amide bonds. The molecule has 2 N–H and O–H groups in total.